The molecule has 1 aromatic carbocycles. The molecule has 1 heterocycles. The normalized spacial score (nSPS) is 16.9. The lowest BCUT2D eigenvalue weighted by Crippen LogP contribution is -2.10. The van der Waals surface area contributed by atoms with Gasteiger partial charge in [-0.05, 0) is 36.9 Å². The van der Waals surface area contributed by atoms with Gasteiger partial charge in [-0.1, -0.05) is 30.4 Å². The minimum absolute atomic E-state index is 0.0358. The van der Waals surface area contributed by atoms with Crippen LogP contribution < -0.4 is 5.01 Å². The van der Waals surface area contributed by atoms with Crippen LogP contribution >= 0.6 is 24.0 Å². The van der Waals surface area contributed by atoms with Gasteiger partial charge >= 0.3 is 0 Å². The Hall–Kier alpha value is -1.46. The first-order valence-corrected chi connectivity index (χ1v) is 6.65. The lowest BCUT2D eigenvalue weighted by atomic mass is 10.3. The Bertz CT molecular complexity index is 549. The number of hydrazone groups is 1. The Kier molecular flexibility index (Phi) is 3.93. The standard InChI is InChI=1S/C13H12N2OS2/c1-9(17)8-12-15(11-6-4-3-5-7-11)14-13(18-12)10(2)16/h3-8H,1-2H3/b12-8-/i1+1,8+1,9+1,12+1. The van der Waals surface area contributed by atoms with Crippen LogP contribution in [-0.2, 0) is 4.79 Å². The molecular formula is C13H12N2OS2. The highest BCUT2D eigenvalue weighted by atomic mass is 32.2. The molecule has 0 spiro atoms. The van der Waals surface area contributed by atoms with Crippen molar-refractivity contribution in [2.75, 3.05) is 5.01 Å². The van der Waals surface area contributed by atoms with Crippen molar-refractivity contribution in [3.63, 3.8) is 0 Å². The number of rotatable bonds is 3. The molecule has 0 fully saturated rings. The number of carbonyl (C=O) groups is 1. The molecule has 2 rings (SSSR count). The van der Waals surface area contributed by atoms with Crippen molar-refractivity contribution in [2.24, 2.45) is 5.10 Å². The van der Waals surface area contributed by atoms with Gasteiger partial charge in [0.15, 0.2) is 10.8 Å². The summed E-state index contributed by atoms with van der Waals surface area (Å²) in [6.45, 7) is 3.36. The highest BCUT2D eigenvalue weighted by Crippen LogP contribution is 2.34. The lowest BCUT2D eigenvalue weighted by Gasteiger charge is -2.14. The zero-order valence-corrected chi connectivity index (χ0v) is 11.7. The van der Waals surface area contributed by atoms with Crippen LogP contribution in [0.4, 0.5) is 5.69 Å². The zero-order chi connectivity index (χ0) is 13.1. The highest BCUT2D eigenvalue weighted by molar-refractivity contribution is 8.19. The zero-order valence-electron chi connectivity index (χ0n) is 10.1. The van der Waals surface area contributed by atoms with Crippen LogP contribution in [0.3, 0.4) is 0 Å². The van der Waals surface area contributed by atoms with Gasteiger partial charge in [0.2, 0.25) is 0 Å². The van der Waals surface area contributed by atoms with E-state index in [0.717, 1.165) is 15.6 Å². The van der Waals surface area contributed by atoms with E-state index in [-0.39, 0.29) is 5.78 Å². The molecule has 3 nitrogen and oxygen atoms in total. The predicted octanol–water partition coefficient (Wildman–Crippen LogP) is 3.37. The number of hydrogen-bond donors (Lipinski definition) is 0. The Balaban J connectivity index is 2.40. The summed E-state index contributed by atoms with van der Waals surface area (Å²) in [5, 5.41) is 7.42. The van der Waals surface area contributed by atoms with Gasteiger partial charge in [-0.15, -0.1) is 0 Å². The first-order chi connectivity index (χ1) is 8.58. The van der Waals surface area contributed by atoms with Crippen molar-refractivity contribution in [2.45, 2.75) is 13.8 Å². The van der Waals surface area contributed by atoms with Crippen molar-refractivity contribution in [1.29, 1.82) is 0 Å². The monoisotopic (exact) mass is 280 g/mol. The first-order valence-electron chi connectivity index (χ1n) is 5.43. The van der Waals surface area contributed by atoms with Crippen LogP contribution in [0.25, 0.3) is 0 Å². The molecule has 18 heavy (non-hydrogen) atoms. The molecule has 1 aliphatic heterocycles. The topological polar surface area (TPSA) is 32.7 Å². The Morgan fingerprint density at radius 3 is 2.56 bits per heavy atom. The summed E-state index contributed by atoms with van der Waals surface area (Å²) in [5.41, 5.74) is 0.920. The van der Waals surface area contributed by atoms with Crippen LogP contribution in [0, 0.1) is 0 Å². The molecule has 0 amide bonds. The molecule has 0 N–H and O–H groups in total. The van der Waals surface area contributed by atoms with Crippen molar-refractivity contribution >= 4 is 45.4 Å². The van der Waals surface area contributed by atoms with Gasteiger partial charge in [0.1, 0.15) is 5.03 Å². The number of thioether (sulfide) groups is 1. The largest absolute Gasteiger partial charge is 0.292 e. The van der Waals surface area contributed by atoms with Crippen LogP contribution in [0.15, 0.2) is 46.5 Å². The lowest BCUT2D eigenvalue weighted by molar-refractivity contribution is -0.110. The average molecular weight is 280 g/mol. The van der Waals surface area contributed by atoms with E-state index in [1.54, 1.807) is 5.01 Å². The van der Waals surface area contributed by atoms with Gasteiger partial charge in [0.25, 0.3) is 0 Å². The average Bonchev–Trinajstić information content (AvgIpc) is 2.73. The summed E-state index contributed by atoms with van der Waals surface area (Å²) in [7, 11) is 0. The summed E-state index contributed by atoms with van der Waals surface area (Å²) in [5.74, 6) is -0.0358. The molecule has 0 saturated carbocycles. The Labute approximate surface area is 116 Å². The van der Waals surface area contributed by atoms with E-state index in [2.05, 4.69) is 5.10 Å². The maximum atomic E-state index is 11.4. The van der Waals surface area contributed by atoms with Gasteiger partial charge in [-0.3, -0.25) is 4.79 Å². The van der Waals surface area contributed by atoms with Crippen LogP contribution in [0.1, 0.15) is 13.8 Å². The SMILES string of the molecule is CC(=O)C1=NN(c2ccccc2)/[13C](=[13CH]/[13C]([13CH3])=S)S1. The van der Waals surface area contributed by atoms with Crippen LogP contribution in [0.5, 0.6) is 0 Å². The molecule has 0 aromatic heterocycles. The number of allylic oxidation sites excluding steroid dienone is 1. The number of para-hydroxylation sites is 1. The highest BCUT2D eigenvalue weighted by Gasteiger charge is 2.25. The minimum Gasteiger partial charge on any atom is -0.292 e. The number of Topliss-reactive ketones (excluding diaryl/α,β-unsaturated/α-hetero) is 1. The second-order valence-corrected chi connectivity index (χ2v) is 5.46. The molecule has 0 unspecified atom stereocenters. The quantitative estimate of drug-likeness (QED) is 0.483. The molecule has 0 aliphatic carbocycles. The van der Waals surface area contributed by atoms with Gasteiger partial charge in [0, 0.05) is 11.8 Å². The molecule has 1 aliphatic rings. The number of anilines is 1. The van der Waals surface area contributed by atoms with Gasteiger partial charge in [0.05, 0.1) is 5.69 Å². The molecule has 0 bridgehead atoms. The molecular weight excluding hydrogens is 268 g/mol. The molecule has 92 valence electrons. The van der Waals surface area contributed by atoms with E-state index < -0.39 is 0 Å². The summed E-state index contributed by atoms with van der Waals surface area (Å²) < 4.78 is 0. The third-order valence-corrected chi connectivity index (χ3v) is 3.41. The Morgan fingerprint density at radius 1 is 1.33 bits per heavy atom. The maximum absolute atomic E-state index is 11.4. The fourth-order valence-corrected chi connectivity index (χ4v) is 2.58. The third kappa shape index (κ3) is 2.86. The van der Waals surface area contributed by atoms with Gasteiger partial charge < -0.3 is 0 Å². The number of benzene rings is 1. The van der Waals surface area contributed by atoms with Crippen molar-refractivity contribution in [3.8, 4) is 0 Å². The summed E-state index contributed by atoms with van der Waals surface area (Å²) >= 11 is 6.44. The summed E-state index contributed by atoms with van der Waals surface area (Å²) in [4.78, 5) is 12.2. The minimum atomic E-state index is -0.0358. The fraction of sp³-hybridized carbons (Fsp3) is 0.154. The molecule has 0 atom stereocenters. The van der Waals surface area contributed by atoms with Crippen molar-refractivity contribution in [3.05, 3.63) is 41.4 Å². The second-order valence-electron chi connectivity index (χ2n) is 3.80. The number of nitrogens with zero attached hydrogens (tertiary/aromatic N) is 2. The second kappa shape index (κ2) is 5.46. The van der Waals surface area contributed by atoms with E-state index in [1.807, 2.05) is 43.3 Å². The molecule has 1 aromatic rings. The smallest absolute Gasteiger partial charge is 0.186 e. The van der Waals surface area contributed by atoms with E-state index in [1.165, 1.54) is 18.7 Å². The van der Waals surface area contributed by atoms with Gasteiger partial charge in [-0.25, -0.2) is 5.01 Å². The van der Waals surface area contributed by atoms with Gasteiger partial charge in [-0.2, -0.15) is 5.10 Å². The van der Waals surface area contributed by atoms with Crippen LogP contribution in [-0.4, -0.2) is 15.7 Å². The number of carbonyl (C=O) groups excluding carboxylic acids is 1. The maximum Gasteiger partial charge on any atom is 0.186 e. The number of ketones is 1. The number of hydrogen-bond acceptors (Lipinski definition) is 5. The molecule has 0 saturated heterocycles. The number of thiocarbonyl (C=S) groups is 1. The summed E-state index contributed by atoms with van der Waals surface area (Å²) in [6.07, 6.45) is 1.85. The Morgan fingerprint density at radius 2 is 2.00 bits per heavy atom. The van der Waals surface area contributed by atoms with E-state index >= 15 is 0 Å². The predicted molar refractivity (Wildman–Crippen MR) is 81.0 cm³/mol. The molecule has 5 heteroatoms. The fourth-order valence-electron chi connectivity index (χ4n) is 1.46. The van der Waals surface area contributed by atoms with Crippen molar-refractivity contribution in [1.82, 2.24) is 0 Å². The molecule has 0 radical (unpaired) electrons. The first kappa shape index (κ1) is 13.0. The van der Waals surface area contributed by atoms with Crippen LogP contribution in [0.2, 0.25) is 0 Å². The summed E-state index contributed by atoms with van der Waals surface area (Å²) in [6, 6.07) is 9.70. The van der Waals surface area contributed by atoms with E-state index in [0.29, 0.717) is 5.04 Å². The van der Waals surface area contributed by atoms with E-state index in [9.17, 15) is 4.79 Å². The third-order valence-electron chi connectivity index (χ3n) is 2.23. The van der Waals surface area contributed by atoms with E-state index in [4.69, 9.17) is 12.2 Å². The van der Waals surface area contributed by atoms with Crippen molar-refractivity contribution < 1.29 is 4.79 Å².